The van der Waals surface area contributed by atoms with Crippen LogP contribution in [0, 0.1) is 0 Å². The van der Waals surface area contributed by atoms with E-state index in [1.165, 1.54) is 6.21 Å². The molecule has 0 aliphatic rings. The fraction of sp³-hybridized carbons (Fsp3) is 0.400. The van der Waals surface area contributed by atoms with E-state index in [-0.39, 0.29) is 0 Å². The van der Waals surface area contributed by atoms with E-state index >= 15 is 0 Å². The Hall–Kier alpha value is -2.57. The molecule has 120 valence electrons. The van der Waals surface area contributed by atoms with Crippen LogP contribution in [0.5, 0.6) is 11.5 Å². The number of benzene rings is 1. The van der Waals surface area contributed by atoms with Crippen LogP contribution in [0.1, 0.15) is 26.3 Å². The van der Waals surface area contributed by atoms with E-state index in [1.54, 1.807) is 25.1 Å². The molecular formula is C15H21N3O4. The molecule has 0 unspecified atom stereocenters. The number of hydrogen-bond acceptors (Lipinski definition) is 5. The molecule has 0 heterocycles. The lowest BCUT2D eigenvalue weighted by atomic mass is 10.2. The SMILES string of the molecule is CCNC(=O)C(=O)N/N=C\c1ccc(OCC)c(OCC)c1. The third-order valence-electron chi connectivity index (χ3n) is 2.49. The summed E-state index contributed by atoms with van der Waals surface area (Å²) in [6.07, 6.45) is 1.43. The fourth-order valence-corrected chi connectivity index (χ4v) is 1.61. The van der Waals surface area contributed by atoms with Gasteiger partial charge in [0.05, 0.1) is 19.4 Å². The van der Waals surface area contributed by atoms with Gasteiger partial charge in [-0.2, -0.15) is 5.10 Å². The molecule has 0 bridgehead atoms. The van der Waals surface area contributed by atoms with Crippen molar-refractivity contribution in [3.05, 3.63) is 23.8 Å². The van der Waals surface area contributed by atoms with Crippen LogP contribution in [0.4, 0.5) is 0 Å². The number of likely N-dealkylation sites (N-methyl/N-ethyl adjacent to an activating group) is 1. The number of rotatable bonds is 7. The second-order valence-corrected chi connectivity index (χ2v) is 4.13. The zero-order chi connectivity index (χ0) is 16.4. The Morgan fingerprint density at radius 3 is 2.41 bits per heavy atom. The highest BCUT2D eigenvalue weighted by Gasteiger charge is 2.10. The van der Waals surface area contributed by atoms with Crippen molar-refractivity contribution in [1.82, 2.24) is 10.7 Å². The summed E-state index contributed by atoms with van der Waals surface area (Å²) in [5, 5.41) is 6.12. The Bertz CT molecular complexity index is 544. The number of ether oxygens (including phenoxy) is 2. The van der Waals surface area contributed by atoms with Crippen molar-refractivity contribution < 1.29 is 19.1 Å². The molecule has 2 N–H and O–H groups in total. The first-order chi connectivity index (χ1) is 10.6. The highest BCUT2D eigenvalue weighted by Crippen LogP contribution is 2.27. The van der Waals surface area contributed by atoms with Crippen molar-refractivity contribution in [2.45, 2.75) is 20.8 Å². The standard InChI is InChI=1S/C15H21N3O4/c1-4-16-14(19)15(20)18-17-10-11-7-8-12(21-5-2)13(9-11)22-6-3/h7-10H,4-6H2,1-3H3,(H,16,19)(H,18,20)/b17-10-. The van der Waals surface area contributed by atoms with Crippen molar-refractivity contribution in [2.75, 3.05) is 19.8 Å². The topological polar surface area (TPSA) is 89.0 Å². The Labute approximate surface area is 129 Å². The number of amides is 2. The van der Waals surface area contributed by atoms with E-state index < -0.39 is 11.8 Å². The summed E-state index contributed by atoms with van der Waals surface area (Å²) in [5.74, 6) is -0.286. The van der Waals surface area contributed by atoms with Gasteiger partial charge in [-0.1, -0.05) is 0 Å². The van der Waals surface area contributed by atoms with Gasteiger partial charge < -0.3 is 14.8 Å². The summed E-state index contributed by atoms with van der Waals surface area (Å²) in [7, 11) is 0. The average molecular weight is 307 g/mol. The number of hydrazone groups is 1. The van der Waals surface area contributed by atoms with Gasteiger partial charge in [0, 0.05) is 6.54 Å². The Morgan fingerprint density at radius 2 is 1.77 bits per heavy atom. The Balaban J connectivity index is 2.72. The van der Waals surface area contributed by atoms with Gasteiger partial charge >= 0.3 is 11.8 Å². The molecule has 1 rings (SSSR count). The molecule has 0 saturated carbocycles. The lowest BCUT2D eigenvalue weighted by Crippen LogP contribution is -2.37. The van der Waals surface area contributed by atoms with E-state index in [9.17, 15) is 9.59 Å². The zero-order valence-corrected chi connectivity index (χ0v) is 13.0. The van der Waals surface area contributed by atoms with Gasteiger partial charge in [0.15, 0.2) is 11.5 Å². The maximum absolute atomic E-state index is 11.4. The predicted molar refractivity (Wildman–Crippen MR) is 83.2 cm³/mol. The number of nitrogens with one attached hydrogen (secondary N) is 2. The van der Waals surface area contributed by atoms with Crippen LogP contribution in [0.15, 0.2) is 23.3 Å². The van der Waals surface area contributed by atoms with Gasteiger partial charge in [0.2, 0.25) is 0 Å². The van der Waals surface area contributed by atoms with Crippen LogP contribution in [-0.2, 0) is 9.59 Å². The summed E-state index contributed by atoms with van der Waals surface area (Å²) in [4.78, 5) is 22.6. The van der Waals surface area contributed by atoms with Crippen LogP contribution in [-0.4, -0.2) is 37.8 Å². The zero-order valence-electron chi connectivity index (χ0n) is 13.0. The molecule has 0 aromatic heterocycles. The summed E-state index contributed by atoms with van der Waals surface area (Å²) >= 11 is 0. The lowest BCUT2D eigenvalue weighted by Gasteiger charge is -2.11. The molecule has 1 aromatic rings. The van der Waals surface area contributed by atoms with E-state index in [1.807, 2.05) is 13.8 Å². The van der Waals surface area contributed by atoms with Crippen molar-refractivity contribution in [3.8, 4) is 11.5 Å². The Morgan fingerprint density at radius 1 is 1.09 bits per heavy atom. The molecule has 2 amide bonds. The summed E-state index contributed by atoms with van der Waals surface area (Å²) in [5.41, 5.74) is 2.86. The first kappa shape index (κ1) is 17.5. The normalized spacial score (nSPS) is 10.3. The molecule has 0 atom stereocenters. The monoisotopic (exact) mass is 307 g/mol. The van der Waals surface area contributed by atoms with E-state index in [0.29, 0.717) is 36.8 Å². The van der Waals surface area contributed by atoms with Gasteiger partial charge in [0.25, 0.3) is 0 Å². The molecule has 0 spiro atoms. The maximum atomic E-state index is 11.4. The average Bonchev–Trinajstić information content (AvgIpc) is 2.50. The van der Waals surface area contributed by atoms with Crippen molar-refractivity contribution in [2.24, 2.45) is 5.10 Å². The molecule has 0 aliphatic carbocycles. The molecule has 1 aromatic carbocycles. The molecule has 0 saturated heterocycles. The molecular weight excluding hydrogens is 286 g/mol. The number of carbonyl (C=O) groups excluding carboxylic acids is 2. The molecule has 0 radical (unpaired) electrons. The highest BCUT2D eigenvalue weighted by atomic mass is 16.5. The second-order valence-electron chi connectivity index (χ2n) is 4.13. The molecule has 0 aliphatic heterocycles. The molecule has 22 heavy (non-hydrogen) atoms. The van der Waals surface area contributed by atoms with E-state index in [4.69, 9.17) is 9.47 Å². The Kier molecular flexibility index (Phi) is 7.45. The van der Waals surface area contributed by atoms with Gasteiger partial charge in [-0.3, -0.25) is 9.59 Å². The molecule has 0 fully saturated rings. The highest BCUT2D eigenvalue weighted by molar-refractivity contribution is 6.35. The van der Waals surface area contributed by atoms with Crippen LogP contribution >= 0.6 is 0 Å². The van der Waals surface area contributed by atoms with Crippen LogP contribution in [0.25, 0.3) is 0 Å². The summed E-state index contributed by atoms with van der Waals surface area (Å²) in [6.45, 7) is 6.92. The largest absolute Gasteiger partial charge is 0.490 e. The number of nitrogens with zero attached hydrogens (tertiary/aromatic N) is 1. The van der Waals surface area contributed by atoms with E-state index in [0.717, 1.165) is 0 Å². The van der Waals surface area contributed by atoms with Crippen LogP contribution in [0.3, 0.4) is 0 Å². The number of hydrogen-bond donors (Lipinski definition) is 2. The second kappa shape index (κ2) is 9.38. The van der Waals surface area contributed by atoms with Crippen LogP contribution < -0.4 is 20.2 Å². The lowest BCUT2D eigenvalue weighted by molar-refractivity contribution is -0.139. The summed E-state index contributed by atoms with van der Waals surface area (Å²) in [6, 6.07) is 5.28. The number of carbonyl (C=O) groups is 2. The fourth-order valence-electron chi connectivity index (χ4n) is 1.61. The third-order valence-corrected chi connectivity index (χ3v) is 2.49. The van der Waals surface area contributed by atoms with Gasteiger partial charge in [-0.05, 0) is 44.5 Å². The summed E-state index contributed by atoms with van der Waals surface area (Å²) < 4.78 is 10.9. The minimum absolute atomic E-state index is 0.382. The van der Waals surface area contributed by atoms with Crippen molar-refractivity contribution in [3.63, 3.8) is 0 Å². The predicted octanol–water partition coefficient (Wildman–Crippen LogP) is 1.07. The van der Waals surface area contributed by atoms with Gasteiger partial charge in [0.1, 0.15) is 0 Å². The third kappa shape index (κ3) is 5.43. The minimum atomic E-state index is -0.811. The maximum Gasteiger partial charge on any atom is 0.329 e. The van der Waals surface area contributed by atoms with Crippen molar-refractivity contribution >= 4 is 18.0 Å². The van der Waals surface area contributed by atoms with Gasteiger partial charge in [-0.25, -0.2) is 5.43 Å². The van der Waals surface area contributed by atoms with E-state index in [2.05, 4.69) is 15.8 Å². The molecule has 7 heteroatoms. The van der Waals surface area contributed by atoms with Gasteiger partial charge in [-0.15, -0.1) is 0 Å². The smallest absolute Gasteiger partial charge is 0.329 e. The minimum Gasteiger partial charge on any atom is -0.490 e. The van der Waals surface area contributed by atoms with Crippen LogP contribution in [0.2, 0.25) is 0 Å². The first-order valence-electron chi connectivity index (χ1n) is 7.13. The first-order valence-corrected chi connectivity index (χ1v) is 7.13. The van der Waals surface area contributed by atoms with Crippen molar-refractivity contribution in [1.29, 1.82) is 0 Å². The quantitative estimate of drug-likeness (QED) is 0.448. The molecule has 7 nitrogen and oxygen atoms in total.